The highest BCUT2D eigenvalue weighted by molar-refractivity contribution is 5.12. The van der Waals surface area contributed by atoms with Crippen molar-refractivity contribution in [2.24, 2.45) is 5.92 Å². The second kappa shape index (κ2) is 7.60. The van der Waals surface area contributed by atoms with Crippen molar-refractivity contribution in [1.29, 1.82) is 0 Å². The van der Waals surface area contributed by atoms with Crippen molar-refractivity contribution in [1.82, 2.24) is 14.9 Å². The number of aromatic nitrogens is 2. The standard InChI is InChI=1S/C20H25N3O2/c1-2-18(12-22-7-1)13-23-15-20(16-23)19(6-11-25-20)5-10-24-14-17-3-8-21-9-4-17/h1-4,7-9,12,19H,5-6,10-11,13-16H2/t19-/m0/s1. The minimum Gasteiger partial charge on any atom is -0.377 e. The summed E-state index contributed by atoms with van der Waals surface area (Å²) in [5.74, 6) is 0.607. The maximum absolute atomic E-state index is 6.15. The fourth-order valence-corrected chi connectivity index (χ4v) is 4.01. The van der Waals surface area contributed by atoms with E-state index in [0.717, 1.165) is 45.7 Å². The van der Waals surface area contributed by atoms with Crippen LogP contribution in [0.15, 0.2) is 49.1 Å². The molecule has 5 nitrogen and oxygen atoms in total. The molecule has 132 valence electrons. The summed E-state index contributed by atoms with van der Waals surface area (Å²) >= 11 is 0. The van der Waals surface area contributed by atoms with Crippen LogP contribution in [0.2, 0.25) is 0 Å². The van der Waals surface area contributed by atoms with Gasteiger partial charge in [-0.1, -0.05) is 6.07 Å². The molecule has 2 fully saturated rings. The van der Waals surface area contributed by atoms with Gasteiger partial charge < -0.3 is 9.47 Å². The molecule has 25 heavy (non-hydrogen) atoms. The zero-order valence-corrected chi connectivity index (χ0v) is 14.5. The van der Waals surface area contributed by atoms with E-state index in [4.69, 9.17) is 9.47 Å². The van der Waals surface area contributed by atoms with Crippen LogP contribution in [0.4, 0.5) is 0 Å². The minimum atomic E-state index is 0.0578. The van der Waals surface area contributed by atoms with E-state index in [9.17, 15) is 0 Å². The lowest BCUT2D eigenvalue weighted by molar-refractivity contribution is -0.139. The Morgan fingerprint density at radius 2 is 2.00 bits per heavy atom. The van der Waals surface area contributed by atoms with Gasteiger partial charge in [0.2, 0.25) is 0 Å². The fraction of sp³-hybridized carbons (Fsp3) is 0.500. The van der Waals surface area contributed by atoms with E-state index in [1.807, 2.05) is 43.0 Å². The Labute approximate surface area is 149 Å². The molecular formula is C20H25N3O2. The fourth-order valence-electron chi connectivity index (χ4n) is 4.01. The summed E-state index contributed by atoms with van der Waals surface area (Å²) < 4.78 is 12.0. The molecule has 4 rings (SSSR count). The van der Waals surface area contributed by atoms with E-state index in [1.165, 1.54) is 11.1 Å². The minimum absolute atomic E-state index is 0.0578. The third kappa shape index (κ3) is 3.89. The first-order valence-corrected chi connectivity index (χ1v) is 9.06. The van der Waals surface area contributed by atoms with Crippen LogP contribution in [-0.4, -0.2) is 46.8 Å². The van der Waals surface area contributed by atoms with Gasteiger partial charge in [-0.15, -0.1) is 0 Å². The van der Waals surface area contributed by atoms with Gasteiger partial charge in [0, 0.05) is 57.6 Å². The molecule has 2 aromatic rings. The molecular weight excluding hydrogens is 314 g/mol. The summed E-state index contributed by atoms with van der Waals surface area (Å²) in [6, 6.07) is 8.14. The maximum Gasteiger partial charge on any atom is 0.0964 e. The van der Waals surface area contributed by atoms with Gasteiger partial charge in [0.25, 0.3) is 0 Å². The van der Waals surface area contributed by atoms with Gasteiger partial charge in [0.05, 0.1) is 12.2 Å². The van der Waals surface area contributed by atoms with Crippen LogP contribution in [0.3, 0.4) is 0 Å². The number of rotatable bonds is 7. The highest BCUT2D eigenvalue weighted by atomic mass is 16.5. The molecule has 0 unspecified atom stereocenters. The Hall–Kier alpha value is -1.82. The van der Waals surface area contributed by atoms with Crippen molar-refractivity contribution >= 4 is 0 Å². The predicted molar refractivity (Wildman–Crippen MR) is 94.8 cm³/mol. The van der Waals surface area contributed by atoms with E-state index in [0.29, 0.717) is 12.5 Å². The van der Waals surface area contributed by atoms with Gasteiger partial charge in [-0.25, -0.2) is 0 Å². The van der Waals surface area contributed by atoms with Crippen molar-refractivity contribution in [3.05, 3.63) is 60.2 Å². The second-order valence-corrected chi connectivity index (χ2v) is 7.10. The van der Waals surface area contributed by atoms with Crippen LogP contribution in [-0.2, 0) is 22.6 Å². The van der Waals surface area contributed by atoms with Crippen LogP contribution < -0.4 is 0 Å². The molecule has 2 aromatic heterocycles. The molecule has 1 spiro atoms. The second-order valence-electron chi connectivity index (χ2n) is 7.10. The molecule has 5 heteroatoms. The molecule has 2 aliphatic heterocycles. The maximum atomic E-state index is 6.15. The summed E-state index contributed by atoms with van der Waals surface area (Å²) in [5, 5.41) is 0. The molecule has 0 saturated carbocycles. The Bertz CT molecular complexity index is 659. The molecule has 0 aromatic carbocycles. The highest BCUT2D eigenvalue weighted by Gasteiger charge is 2.52. The van der Waals surface area contributed by atoms with Crippen LogP contribution in [0.25, 0.3) is 0 Å². The summed E-state index contributed by atoms with van der Waals surface area (Å²) in [7, 11) is 0. The van der Waals surface area contributed by atoms with E-state index in [2.05, 4.69) is 20.9 Å². The Balaban J connectivity index is 1.22. The smallest absolute Gasteiger partial charge is 0.0964 e. The monoisotopic (exact) mass is 339 g/mol. The number of nitrogens with zero attached hydrogens (tertiary/aromatic N) is 3. The first kappa shape index (κ1) is 16.6. The van der Waals surface area contributed by atoms with Crippen molar-refractivity contribution in [3.8, 4) is 0 Å². The van der Waals surface area contributed by atoms with Gasteiger partial charge in [-0.05, 0) is 48.1 Å². The van der Waals surface area contributed by atoms with Crippen LogP contribution in [0.1, 0.15) is 24.0 Å². The van der Waals surface area contributed by atoms with Gasteiger partial charge in [-0.3, -0.25) is 14.9 Å². The lowest BCUT2D eigenvalue weighted by Crippen LogP contribution is -2.64. The van der Waals surface area contributed by atoms with Gasteiger partial charge in [0.1, 0.15) is 0 Å². The molecule has 0 amide bonds. The molecule has 2 saturated heterocycles. The number of pyridine rings is 2. The van der Waals surface area contributed by atoms with Gasteiger partial charge in [-0.2, -0.15) is 0 Å². The Kier molecular flexibility index (Phi) is 5.06. The van der Waals surface area contributed by atoms with E-state index < -0.39 is 0 Å². The largest absolute Gasteiger partial charge is 0.377 e. The SMILES string of the molecule is c1cncc(CN2CC3(C2)OCC[C@@H]3CCOCc2ccncc2)c1. The van der Waals surface area contributed by atoms with Gasteiger partial charge in [0.15, 0.2) is 0 Å². The lowest BCUT2D eigenvalue weighted by atomic mass is 9.79. The molecule has 0 radical (unpaired) electrons. The molecule has 2 aliphatic rings. The highest BCUT2D eigenvalue weighted by Crippen LogP contribution is 2.42. The Morgan fingerprint density at radius 3 is 2.80 bits per heavy atom. The summed E-state index contributed by atoms with van der Waals surface area (Å²) in [6.45, 7) is 5.35. The van der Waals surface area contributed by atoms with Crippen LogP contribution in [0.5, 0.6) is 0 Å². The third-order valence-corrected chi connectivity index (χ3v) is 5.34. The predicted octanol–water partition coefficient (Wildman–Crippen LogP) is 2.67. The van der Waals surface area contributed by atoms with E-state index in [-0.39, 0.29) is 5.60 Å². The summed E-state index contributed by atoms with van der Waals surface area (Å²) in [5.41, 5.74) is 2.51. The van der Waals surface area contributed by atoms with Crippen LogP contribution in [0, 0.1) is 5.92 Å². The number of likely N-dealkylation sites (tertiary alicyclic amines) is 1. The first-order chi connectivity index (χ1) is 12.3. The van der Waals surface area contributed by atoms with Crippen molar-refractivity contribution in [3.63, 3.8) is 0 Å². The normalized spacial score (nSPS) is 22.2. The zero-order valence-electron chi connectivity index (χ0n) is 14.5. The topological polar surface area (TPSA) is 47.5 Å². The van der Waals surface area contributed by atoms with Gasteiger partial charge >= 0.3 is 0 Å². The van der Waals surface area contributed by atoms with E-state index >= 15 is 0 Å². The third-order valence-electron chi connectivity index (χ3n) is 5.34. The lowest BCUT2D eigenvalue weighted by Gasteiger charge is -2.50. The van der Waals surface area contributed by atoms with Crippen molar-refractivity contribution < 1.29 is 9.47 Å². The van der Waals surface area contributed by atoms with Crippen LogP contribution >= 0.6 is 0 Å². The molecule has 4 heterocycles. The molecule has 1 atom stereocenters. The Morgan fingerprint density at radius 1 is 1.12 bits per heavy atom. The first-order valence-electron chi connectivity index (χ1n) is 9.06. The van der Waals surface area contributed by atoms with Crippen molar-refractivity contribution in [2.45, 2.75) is 31.6 Å². The summed E-state index contributed by atoms with van der Waals surface area (Å²) in [6.07, 6.45) is 9.62. The average Bonchev–Trinajstić information content (AvgIpc) is 3.04. The molecule has 0 N–H and O–H groups in total. The zero-order chi connectivity index (χ0) is 17.0. The number of ether oxygens (including phenoxy) is 2. The number of hydrogen-bond acceptors (Lipinski definition) is 5. The quantitative estimate of drug-likeness (QED) is 0.726. The van der Waals surface area contributed by atoms with E-state index in [1.54, 1.807) is 0 Å². The summed E-state index contributed by atoms with van der Waals surface area (Å²) in [4.78, 5) is 10.7. The average molecular weight is 339 g/mol. The molecule has 0 aliphatic carbocycles. The number of hydrogen-bond donors (Lipinski definition) is 0. The van der Waals surface area contributed by atoms with Crippen molar-refractivity contribution in [2.75, 3.05) is 26.3 Å². The molecule has 0 bridgehead atoms.